The van der Waals surface area contributed by atoms with Gasteiger partial charge in [0.2, 0.25) is 0 Å². The van der Waals surface area contributed by atoms with Gasteiger partial charge in [0.15, 0.2) is 0 Å². The molecule has 0 amide bonds. The number of hydrogen-bond donors (Lipinski definition) is 0. The van der Waals surface area contributed by atoms with Crippen LogP contribution >= 0.6 is 0 Å². The molecule has 0 radical (unpaired) electrons. The molecule has 0 N–H and O–H groups in total. The van der Waals surface area contributed by atoms with E-state index in [1.807, 2.05) is 19.1 Å². The predicted octanol–water partition coefficient (Wildman–Crippen LogP) is 3.82. The van der Waals surface area contributed by atoms with Crippen molar-refractivity contribution in [2.45, 2.75) is 20.4 Å². The van der Waals surface area contributed by atoms with Crippen LogP contribution in [0.1, 0.15) is 23.1 Å². The molecule has 0 bridgehead atoms. The lowest BCUT2D eigenvalue weighted by molar-refractivity contribution is 0.0601. The van der Waals surface area contributed by atoms with Crippen molar-refractivity contribution in [3.8, 4) is 11.1 Å². The first-order chi connectivity index (χ1) is 10.6. The van der Waals surface area contributed by atoms with Gasteiger partial charge in [0.1, 0.15) is 5.82 Å². The average molecular weight is 294 g/mol. The molecule has 3 aromatic rings. The smallest absolute Gasteiger partial charge is 0.337 e. The molecule has 0 fully saturated rings. The third-order valence-corrected chi connectivity index (χ3v) is 3.89. The topological polar surface area (TPSA) is 44.1 Å². The molecule has 3 rings (SSSR count). The van der Waals surface area contributed by atoms with E-state index in [1.165, 1.54) is 7.11 Å². The van der Waals surface area contributed by atoms with Gasteiger partial charge in [-0.25, -0.2) is 9.78 Å². The lowest BCUT2D eigenvalue weighted by atomic mass is 10.0. The molecule has 112 valence electrons. The molecule has 1 heterocycles. The average Bonchev–Trinajstić information content (AvgIpc) is 2.88. The lowest BCUT2D eigenvalue weighted by Crippen LogP contribution is -2.00. The van der Waals surface area contributed by atoms with Crippen molar-refractivity contribution in [1.82, 2.24) is 9.55 Å². The SMILES string of the molecule is CCn1c(C)nc2cc(-c3ccc(C(=O)OC)cc3)ccc21. The number of benzene rings is 2. The van der Waals surface area contributed by atoms with E-state index in [0.29, 0.717) is 5.56 Å². The van der Waals surface area contributed by atoms with Crippen LogP contribution in [0.5, 0.6) is 0 Å². The molecule has 22 heavy (non-hydrogen) atoms. The second-order valence-electron chi connectivity index (χ2n) is 5.18. The van der Waals surface area contributed by atoms with E-state index < -0.39 is 0 Å². The van der Waals surface area contributed by atoms with Crippen molar-refractivity contribution in [1.29, 1.82) is 0 Å². The van der Waals surface area contributed by atoms with E-state index in [2.05, 4.69) is 34.7 Å². The first-order valence-electron chi connectivity index (χ1n) is 7.29. The lowest BCUT2D eigenvalue weighted by Gasteiger charge is -2.05. The minimum atomic E-state index is -0.320. The fourth-order valence-electron chi connectivity index (χ4n) is 2.75. The monoisotopic (exact) mass is 294 g/mol. The Balaban J connectivity index is 2.01. The molecule has 2 aromatic carbocycles. The number of aryl methyl sites for hydroxylation is 2. The van der Waals surface area contributed by atoms with Crippen LogP contribution in [-0.2, 0) is 11.3 Å². The summed E-state index contributed by atoms with van der Waals surface area (Å²) in [5.74, 6) is 0.704. The zero-order valence-electron chi connectivity index (χ0n) is 13.0. The molecule has 0 atom stereocenters. The maximum atomic E-state index is 11.5. The summed E-state index contributed by atoms with van der Waals surface area (Å²) >= 11 is 0. The predicted molar refractivity (Wildman–Crippen MR) is 86.9 cm³/mol. The molecule has 0 spiro atoms. The van der Waals surface area contributed by atoms with Crippen molar-refractivity contribution < 1.29 is 9.53 Å². The standard InChI is InChI=1S/C18H18N2O2/c1-4-20-12(2)19-16-11-15(9-10-17(16)20)13-5-7-14(8-6-13)18(21)22-3/h5-11H,4H2,1-3H3. The van der Waals surface area contributed by atoms with Gasteiger partial charge < -0.3 is 9.30 Å². The summed E-state index contributed by atoms with van der Waals surface area (Å²) in [6, 6.07) is 13.7. The number of esters is 1. The highest BCUT2D eigenvalue weighted by molar-refractivity contribution is 5.90. The zero-order valence-corrected chi connectivity index (χ0v) is 13.0. The van der Waals surface area contributed by atoms with Crippen LogP contribution in [0.2, 0.25) is 0 Å². The first-order valence-corrected chi connectivity index (χ1v) is 7.29. The third-order valence-electron chi connectivity index (χ3n) is 3.89. The molecule has 0 aliphatic heterocycles. The number of fused-ring (bicyclic) bond motifs is 1. The summed E-state index contributed by atoms with van der Waals surface area (Å²) in [5.41, 5.74) is 4.84. The van der Waals surface area contributed by atoms with Gasteiger partial charge in [0.05, 0.1) is 23.7 Å². The van der Waals surface area contributed by atoms with Gasteiger partial charge in [-0.05, 0) is 49.2 Å². The maximum Gasteiger partial charge on any atom is 0.337 e. The molecule has 0 saturated heterocycles. The van der Waals surface area contributed by atoms with Crippen molar-refractivity contribution in [2.75, 3.05) is 7.11 Å². The van der Waals surface area contributed by atoms with E-state index in [1.54, 1.807) is 12.1 Å². The van der Waals surface area contributed by atoms with Crippen LogP contribution in [0, 0.1) is 6.92 Å². The number of nitrogens with zero attached hydrogens (tertiary/aromatic N) is 2. The van der Waals surface area contributed by atoms with Crippen LogP contribution < -0.4 is 0 Å². The summed E-state index contributed by atoms with van der Waals surface area (Å²) in [7, 11) is 1.39. The van der Waals surface area contributed by atoms with E-state index in [0.717, 1.165) is 34.5 Å². The van der Waals surface area contributed by atoms with E-state index in [4.69, 9.17) is 4.74 Å². The molecular formula is C18H18N2O2. The molecule has 1 aromatic heterocycles. The van der Waals surface area contributed by atoms with Gasteiger partial charge in [-0.1, -0.05) is 18.2 Å². The molecule has 0 aliphatic rings. The Labute approximate surface area is 129 Å². The molecule has 0 saturated carbocycles. The van der Waals surface area contributed by atoms with Crippen LogP contribution in [0.3, 0.4) is 0 Å². The minimum absolute atomic E-state index is 0.320. The number of aromatic nitrogens is 2. The Kier molecular flexibility index (Phi) is 3.67. The van der Waals surface area contributed by atoms with E-state index in [9.17, 15) is 4.79 Å². The number of methoxy groups -OCH3 is 1. The maximum absolute atomic E-state index is 11.5. The van der Waals surface area contributed by atoms with Gasteiger partial charge in [0.25, 0.3) is 0 Å². The highest BCUT2D eigenvalue weighted by Crippen LogP contribution is 2.25. The number of ether oxygens (including phenoxy) is 1. The number of carbonyl (C=O) groups is 1. The third kappa shape index (κ3) is 2.37. The van der Waals surface area contributed by atoms with E-state index >= 15 is 0 Å². The van der Waals surface area contributed by atoms with Crippen molar-refractivity contribution in [3.63, 3.8) is 0 Å². The largest absolute Gasteiger partial charge is 0.465 e. The normalized spacial score (nSPS) is 10.9. The number of imidazole rings is 1. The minimum Gasteiger partial charge on any atom is -0.465 e. The van der Waals surface area contributed by atoms with Gasteiger partial charge in [-0.15, -0.1) is 0 Å². The Bertz CT molecular complexity index is 832. The van der Waals surface area contributed by atoms with Crippen molar-refractivity contribution in [2.24, 2.45) is 0 Å². The molecule has 4 nitrogen and oxygen atoms in total. The first kappa shape index (κ1) is 14.3. The van der Waals surface area contributed by atoms with E-state index in [-0.39, 0.29) is 5.97 Å². The number of carbonyl (C=O) groups excluding carboxylic acids is 1. The Morgan fingerprint density at radius 2 is 1.82 bits per heavy atom. The highest BCUT2D eigenvalue weighted by atomic mass is 16.5. The fraction of sp³-hybridized carbons (Fsp3) is 0.222. The second-order valence-corrected chi connectivity index (χ2v) is 5.18. The zero-order chi connectivity index (χ0) is 15.7. The fourth-order valence-corrected chi connectivity index (χ4v) is 2.75. The summed E-state index contributed by atoms with van der Waals surface area (Å²) in [6.07, 6.45) is 0. The summed E-state index contributed by atoms with van der Waals surface area (Å²) in [4.78, 5) is 16.1. The van der Waals surface area contributed by atoms with Crippen LogP contribution in [0.15, 0.2) is 42.5 Å². The second kappa shape index (κ2) is 5.64. The number of hydrogen-bond acceptors (Lipinski definition) is 3. The molecule has 0 aliphatic carbocycles. The molecular weight excluding hydrogens is 276 g/mol. The molecule has 0 unspecified atom stereocenters. The highest BCUT2D eigenvalue weighted by Gasteiger charge is 2.09. The van der Waals surface area contributed by atoms with Gasteiger partial charge >= 0.3 is 5.97 Å². The Hall–Kier alpha value is -2.62. The Morgan fingerprint density at radius 1 is 1.14 bits per heavy atom. The molecule has 4 heteroatoms. The Morgan fingerprint density at radius 3 is 2.45 bits per heavy atom. The number of rotatable bonds is 3. The van der Waals surface area contributed by atoms with Gasteiger partial charge in [0, 0.05) is 6.54 Å². The van der Waals surface area contributed by atoms with Crippen LogP contribution in [0.25, 0.3) is 22.2 Å². The van der Waals surface area contributed by atoms with Crippen molar-refractivity contribution in [3.05, 3.63) is 53.9 Å². The van der Waals surface area contributed by atoms with Crippen LogP contribution in [-0.4, -0.2) is 22.6 Å². The summed E-state index contributed by atoms with van der Waals surface area (Å²) < 4.78 is 6.91. The summed E-state index contributed by atoms with van der Waals surface area (Å²) in [5, 5.41) is 0. The summed E-state index contributed by atoms with van der Waals surface area (Å²) in [6.45, 7) is 5.05. The van der Waals surface area contributed by atoms with Crippen molar-refractivity contribution >= 4 is 17.0 Å². The van der Waals surface area contributed by atoms with Gasteiger partial charge in [-0.3, -0.25) is 0 Å². The van der Waals surface area contributed by atoms with Crippen LogP contribution in [0.4, 0.5) is 0 Å². The van der Waals surface area contributed by atoms with Gasteiger partial charge in [-0.2, -0.15) is 0 Å². The quantitative estimate of drug-likeness (QED) is 0.690.